The molecule has 1 atom stereocenters. The van der Waals surface area contributed by atoms with E-state index in [-0.39, 0.29) is 18.4 Å². The first kappa shape index (κ1) is 18.1. The van der Waals surface area contributed by atoms with Gasteiger partial charge >= 0.3 is 0 Å². The first-order chi connectivity index (χ1) is 13.7. The maximum atomic E-state index is 12.8. The highest BCUT2D eigenvalue weighted by atomic mass is 32.1. The summed E-state index contributed by atoms with van der Waals surface area (Å²) >= 11 is 1.56. The summed E-state index contributed by atoms with van der Waals surface area (Å²) in [6.07, 6.45) is 1.88. The van der Waals surface area contributed by atoms with Crippen LogP contribution in [0.2, 0.25) is 0 Å². The molecule has 1 aromatic carbocycles. The van der Waals surface area contributed by atoms with E-state index in [1.165, 1.54) is 0 Å². The van der Waals surface area contributed by atoms with Crippen LogP contribution in [0, 0.1) is 6.92 Å². The highest BCUT2D eigenvalue weighted by Crippen LogP contribution is 2.26. The maximum Gasteiger partial charge on any atom is 0.236 e. The number of carbonyl (C=O) groups excluding carboxylic acids is 1. The highest BCUT2D eigenvalue weighted by Gasteiger charge is 2.20. The number of hydrogen-bond donors (Lipinski definition) is 1. The van der Waals surface area contributed by atoms with E-state index in [1.54, 1.807) is 17.5 Å². The monoisotopic (exact) mass is 389 g/mol. The van der Waals surface area contributed by atoms with Crippen molar-refractivity contribution in [1.82, 2.24) is 15.3 Å². The van der Waals surface area contributed by atoms with Gasteiger partial charge in [0, 0.05) is 6.20 Å². The van der Waals surface area contributed by atoms with E-state index in [0.29, 0.717) is 17.3 Å². The van der Waals surface area contributed by atoms with E-state index < -0.39 is 0 Å². The van der Waals surface area contributed by atoms with E-state index in [0.717, 1.165) is 16.1 Å². The van der Waals surface area contributed by atoms with Crippen molar-refractivity contribution in [1.29, 1.82) is 0 Å². The van der Waals surface area contributed by atoms with E-state index in [4.69, 9.17) is 4.42 Å². The standard InChI is InChI=1S/C22H19N3O2S/c1-15-18(24-22(27-15)19-11-7-13-28-19)14-20(26)25-21(16-8-3-2-4-9-16)17-10-5-6-12-23-17/h2-13,21H,14H2,1H3,(H,25,26). The Morgan fingerprint density at radius 3 is 2.64 bits per heavy atom. The number of carbonyl (C=O) groups is 1. The van der Waals surface area contributed by atoms with Crippen LogP contribution in [0.4, 0.5) is 0 Å². The van der Waals surface area contributed by atoms with Crippen LogP contribution < -0.4 is 5.32 Å². The molecule has 28 heavy (non-hydrogen) atoms. The van der Waals surface area contributed by atoms with Crippen molar-refractivity contribution < 1.29 is 9.21 Å². The Morgan fingerprint density at radius 2 is 1.93 bits per heavy atom. The van der Waals surface area contributed by atoms with Crippen LogP contribution in [-0.4, -0.2) is 15.9 Å². The summed E-state index contributed by atoms with van der Waals surface area (Å²) in [5, 5.41) is 5.06. The molecule has 6 heteroatoms. The molecule has 5 nitrogen and oxygen atoms in total. The number of benzene rings is 1. The fourth-order valence-electron chi connectivity index (χ4n) is 2.98. The van der Waals surface area contributed by atoms with Crippen LogP contribution in [0.25, 0.3) is 10.8 Å². The molecule has 0 radical (unpaired) electrons. The lowest BCUT2D eigenvalue weighted by Crippen LogP contribution is -2.31. The molecule has 1 amide bonds. The zero-order valence-corrected chi connectivity index (χ0v) is 16.1. The van der Waals surface area contributed by atoms with Crippen LogP contribution in [-0.2, 0) is 11.2 Å². The summed E-state index contributed by atoms with van der Waals surface area (Å²) in [4.78, 5) is 22.7. The predicted molar refractivity (Wildman–Crippen MR) is 109 cm³/mol. The Balaban J connectivity index is 1.54. The SMILES string of the molecule is Cc1oc(-c2cccs2)nc1CC(=O)NC(c1ccccc1)c1ccccn1. The Bertz CT molecular complexity index is 1000. The van der Waals surface area contributed by atoms with Crippen molar-refractivity contribution in [2.24, 2.45) is 0 Å². The van der Waals surface area contributed by atoms with Crippen molar-refractivity contribution in [2.75, 3.05) is 0 Å². The third-order valence-electron chi connectivity index (χ3n) is 4.37. The van der Waals surface area contributed by atoms with Gasteiger partial charge in [0.05, 0.1) is 28.7 Å². The highest BCUT2D eigenvalue weighted by molar-refractivity contribution is 7.13. The number of hydrogen-bond acceptors (Lipinski definition) is 5. The Kier molecular flexibility index (Phi) is 5.30. The molecule has 3 heterocycles. The molecule has 4 aromatic rings. The van der Waals surface area contributed by atoms with Gasteiger partial charge in [-0.2, -0.15) is 0 Å². The molecule has 0 aliphatic rings. The number of aromatic nitrogens is 2. The lowest BCUT2D eigenvalue weighted by atomic mass is 10.0. The van der Waals surface area contributed by atoms with Gasteiger partial charge in [0.15, 0.2) is 0 Å². The van der Waals surface area contributed by atoms with E-state index in [1.807, 2.05) is 73.0 Å². The number of pyridine rings is 1. The number of aryl methyl sites for hydroxylation is 1. The predicted octanol–water partition coefficient (Wildman–Crippen LogP) is 4.55. The molecular formula is C22H19N3O2S. The summed E-state index contributed by atoms with van der Waals surface area (Å²) in [6, 6.07) is 19.1. The molecule has 0 fully saturated rings. The van der Waals surface area contributed by atoms with Crippen LogP contribution in [0.15, 0.2) is 76.7 Å². The fourth-order valence-corrected chi connectivity index (χ4v) is 3.63. The quantitative estimate of drug-likeness (QED) is 0.525. The first-order valence-electron chi connectivity index (χ1n) is 8.96. The lowest BCUT2D eigenvalue weighted by molar-refractivity contribution is -0.121. The third-order valence-corrected chi connectivity index (χ3v) is 5.23. The number of amides is 1. The average Bonchev–Trinajstić information content (AvgIpc) is 3.38. The molecular weight excluding hydrogens is 370 g/mol. The van der Waals surface area contributed by atoms with Gasteiger partial charge in [0.1, 0.15) is 5.76 Å². The summed E-state index contributed by atoms with van der Waals surface area (Å²) < 4.78 is 5.74. The molecule has 140 valence electrons. The molecule has 3 aromatic heterocycles. The Hall–Kier alpha value is -3.25. The molecule has 0 saturated heterocycles. The molecule has 4 rings (SSSR count). The second-order valence-corrected chi connectivity index (χ2v) is 7.29. The third kappa shape index (κ3) is 4.02. The van der Waals surface area contributed by atoms with Gasteiger partial charge < -0.3 is 9.73 Å². The van der Waals surface area contributed by atoms with Gasteiger partial charge in [-0.15, -0.1) is 11.3 Å². The van der Waals surface area contributed by atoms with Crippen molar-refractivity contribution in [2.45, 2.75) is 19.4 Å². The van der Waals surface area contributed by atoms with E-state index >= 15 is 0 Å². The number of oxazole rings is 1. The van der Waals surface area contributed by atoms with Gasteiger partial charge in [0.2, 0.25) is 11.8 Å². The summed E-state index contributed by atoms with van der Waals surface area (Å²) in [6.45, 7) is 1.83. The Morgan fingerprint density at radius 1 is 1.11 bits per heavy atom. The van der Waals surface area contributed by atoms with Crippen LogP contribution in [0.3, 0.4) is 0 Å². The minimum atomic E-state index is -0.320. The minimum Gasteiger partial charge on any atom is -0.440 e. The maximum absolute atomic E-state index is 12.8. The molecule has 1 unspecified atom stereocenters. The molecule has 0 saturated carbocycles. The van der Waals surface area contributed by atoms with Gasteiger partial charge in [0.25, 0.3) is 0 Å². The molecule has 0 bridgehead atoms. The topological polar surface area (TPSA) is 68.0 Å². The second kappa shape index (κ2) is 8.19. The average molecular weight is 389 g/mol. The van der Waals surface area contributed by atoms with Crippen LogP contribution in [0.5, 0.6) is 0 Å². The van der Waals surface area contributed by atoms with Gasteiger partial charge in [-0.1, -0.05) is 42.5 Å². The van der Waals surface area contributed by atoms with Crippen LogP contribution >= 0.6 is 11.3 Å². The van der Waals surface area contributed by atoms with E-state index in [9.17, 15) is 4.79 Å². The fraction of sp³-hybridized carbons (Fsp3) is 0.136. The first-order valence-corrected chi connectivity index (χ1v) is 9.84. The zero-order chi connectivity index (χ0) is 19.3. The second-order valence-electron chi connectivity index (χ2n) is 6.34. The van der Waals surface area contributed by atoms with Crippen molar-refractivity contribution in [3.05, 3.63) is 95.0 Å². The molecule has 0 spiro atoms. The zero-order valence-electron chi connectivity index (χ0n) is 15.3. The van der Waals surface area contributed by atoms with Gasteiger partial charge in [-0.05, 0) is 36.1 Å². The number of nitrogens with zero attached hydrogens (tertiary/aromatic N) is 2. The van der Waals surface area contributed by atoms with Crippen LogP contribution in [0.1, 0.15) is 28.8 Å². The molecule has 0 aliphatic carbocycles. The molecule has 1 N–H and O–H groups in total. The largest absolute Gasteiger partial charge is 0.440 e. The lowest BCUT2D eigenvalue weighted by Gasteiger charge is -2.18. The summed E-state index contributed by atoms with van der Waals surface area (Å²) in [5.74, 6) is 1.08. The normalized spacial score (nSPS) is 11.9. The minimum absolute atomic E-state index is 0.131. The molecule has 0 aliphatic heterocycles. The summed E-state index contributed by atoms with van der Waals surface area (Å²) in [7, 11) is 0. The van der Waals surface area contributed by atoms with Crippen molar-refractivity contribution in [3.8, 4) is 10.8 Å². The van der Waals surface area contributed by atoms with Crippen molar-refractivity contribution >= 4 is 17.2 Å². The van der Waals surface area contributed by atoms with Gasteiger partial charge in [-0.25, -0.2) is 4.98 Å². The smallest absolute Gasteiger partial charge is 0.236 e. The van der Waals surface area contributed by atoms with Crippen molar-refractivity contribution in [3.63, 3.8) is 0 Å². The van der Waals surface area contributed by atoms with Gasteiger partial charge in [-0.3, -0.25) is 9.78 Å². The number of nitrogens with one attached hydrogen (secondary N) is 1. The number of thiophene rings is 1. The number of rotatable bonds is 6. The Labute approximate surface area is 167 Å². The van der Waals surface area contributed by atoms with E-state index in [2.05, 4.69) is 15.3 Å². The summed E-state index contributed by atoms with van der Waals surface area (Å²) in [5.41, 5.74) is 2.41.